The van der Waals surface area contributed by atoms with Gasteiger partial charge in [-0.25, -0.2) is 0 Å². The van der Waals surface area contributed by atoms with E-state index in [-0.39, 0.29) is 0 Å². The molecule has 1 saturated heterocycles. The van der Waals surface area contributed by atoms with Crippen LogP contribution in [-0.4, -0.2) is 70.2 Å². The van der Waals surface area contributed by atoms with Crippen LogP contribution in [0.4, 0.5) is 0 Å². The van der Waals surface area contributed by atoms with E-state index in [0.717, 1.165) is 31.0 Å². The Balaban J connectivity index is 1.63. The van der Waals surface area contributed by atoms with Gasteiger partial charge in [-0.1, -0.05) is 6.42 Å². The molecule has 2 fully saturated rings. The lowest BCUT2D eigenvalue weighted by atomic mass is 10.1. The van der Waals surface area contributed by atoms with Crippen LogP contribution in [0.5, 0.6) is 0 Å². The number of likely N-dealkylation sites (tertiary alicyclic amines) is 1. The minimum Gasteiger partial charge on any atom is -0.380 e. The normalized spacial score (nSPS) is 29.0. The number of rotatable bonds is 6. The van der Waals surface area contributed by atoms with Gasteiger partial charge in [0.1, 0.15) is 0 Å². The molecule has 23 heavy (non-hydrogen) atoms. The van der Waals surface area contributed by atoms with Gasteiger partial charge in [0.25, 0.3) is 0 Å². The molecule has 6 heteroatoms. The third kappa shape index (κ3) is 3.59. The van der Waals surface area contributed by atoms with Gasteiger partial charge in [0.15, 0.2) is 0 Å². The summed E-state index contributed by atoms with van der Waals surface area (Å²) in [7, 11) is 4.09. The highest BCUT2D eigenvalue weighted by atomic mass is 16.5. The van der Waals surface area contributed by atoms with E-state index >= 15 is 0 Å². The Morgan fingerprint density at radius 3 is 2.74 bits per heavy atom. The first-order chi connectivity index (χ1) is 11.1. The number of hydrogen-bond acceptors (Lipinski definition) is 5. The lowest BCUT2D eigenvalue weighted by molar-refractivity contribution is 0.0837. The van der Waals surface area contributed by atoms with Crippen LogP contribution in [-0.2, 0) is 17.8 Å². The van der Waals surface area contributed by atoms with Crippen LogP contribution in [0.1, 0.15) is 44.0 Å². The number of aryl methyl sites for hydroxylation is 2. The molecule has 1 aromatic rings. The fourth-order valence-corrected chi connectivity index (χ4v) is 4.21. The van der Waals surface area contributed by atoms with Gasteiger partial charge in [-0.2, -0.15) is 15.0 Å². The molecular formula is C17H31N5O. The van der Waals surface area contributed by atoms with Crippen LogP contribution in [0.2, 0.25) is 0 Å². The summed E-state index contributed by atoms with van der Waals surface area (Å²) >= 11 is 0. The van der Waals surface area contributed by atoms with Crippen LogP contribution in [0.25, 0.3) is 0 Å². The van der Waals surface area contributed by atoms with Crippen molar-refractivity contribution >= 4 is 0 Å². The molecular weight excluding hydrogens is 290 g/mol. The van der Waals surface area contributed by atoms with Crippen LogP contribution in [0, 0.1) is 6.92 Å². The lowest BCUT2D eigenvalue weighted by Gasteiger charge is -2.35. The number of aromatic nitrogens is 3. The third-order valence-electron chi connectivity index (χ3n) is 5.59. The Labute approximate surface area is 139 Å². The minimum atomic E-state index is 0.424. The second kappa shape index (κ2) is 7.28. The maximum Gasteiger partial charge on any atom is 0.0996 e. The maximum absolute atomic E-state index is 5.55. The van der Waals surface area contributed by atoms with Crippen molar-refractivity contribution in [1.82, 2.24) is 24.8 Å². The summed E-state index contributed by atoms with van der Waals surface area (Å²) in [5.74, 6) is 0. The van der Waals surface area contributed by atoms with Crippen LogP contribution in [0.3, 0.4) is 0 Å². The quantitative estimate of drug-likeness (QED) is 0.798. The summed E-state index contributed by atoms with van der Waals surface area (Å²) in [6.45, 7) is 8.16. The largest absolute Gasteiger partial charge is 0.380 e. The standard InChI is InChI=1S/C17H31N5O/c1-5-22-18-13(2)15(19-22)12-20(3)16-7-6-8-17(16)21-10-9-14(11-21)23-4/h14,16-17H,5-12H2,1-4H3/t14?,16-,17+/m1/s1. The molecule has 1 saturated carbocycles. The first kappa shape index (κ1) is 16.9. The van der Waals surface area contributed by atoms with Crippen LogP contribution >= 0.6 is 0 Å². The first-order valence-electron chi connectivity index (χ1n) is 9.00. The van der Waals surface area contributed by atoms with E-state index < -0.39 is 0 Å². The molecule has 1 unspecified atom stereocenters. The summed E-state index contributed by atoms with van der Waals surface area (Å²) in [4.78, 5) is 6.95. The highest BCUT2D eigenvalue weighted by Crippen LogP contribution is 2.31. The molecule has 2 aliphatic rings. The topological polar surface area (TPSA) is 46.4 Å². The Morgan fingerprint density at radius 2 is 2.09 bits per heavy atom. The van der Waals surface area contributed by atoms with Gasteiger partial charge in [-0.3, -0.25) is 9.80 Å². The van der Waals surface area contributed by atoms with Gasteiger partial charge < -0.3 is 4.74 Å². The molecule has 0 aromatic carbocycles. The Morgan fingerprint density at radius 1 is 1.26 bits per heavy atom. The number of nitrogens with zero attached hydrogens (tertiary/aromatic N) is 5. The molecule has 0 radical (unpaired) electrons. The van der Waals surface area contributed by atoms with Gasteiger partial charge in [0.2, 0.25) is 0 Å². The van der Waals surface area contributed by atoms with Crippen molar-refractivity contribution in [3.63, 3.8) is 0 Å². The first-order valence-corrected chi connectivity index (χ1v) is 9.00. The van der Waals surface area contributed by atoms with Crippen LogP contribution < -0.4 is 0 Å². The van der Waals surface area contributed by atoms with E-state index in [2.05, 4.69) is 40.9 Å². The molecule has 0 amide bonds. The lowest BCUT2D eigenvalue weighted by Crippen LogP contribution is -2.46. The van der Waals surface area contributed by atoms with E-state index in [4.69, 9.17) is 4.74 Å². The van der Waals surface area contributed by atoms with Crippen molar-refractivity contribution in [3.05, 3.63) is 11.4 Å². The molecule has 0 bridgehead atoms. The summed E-state index contributed by atoms with van der Waals surface area (Å²) in [6.07, 6.45) is 5.53. The van der Waals surface area contributed by atoms with E-state index in [1.165, 1.54) is 32.2 Å². The predicted octanol–water partition coefficient (Wildman–Crippen LogP) is 1.68. The highest BCUT2D eigenvalue weighted by Gasteiger charge is 2.38. The summed E-state index contributed by atoms with van der Waals surface area (Å²) in [5, 5.41) is 9.10. The van der Waals surface area contributed by atoms with Gasteiger partial charge >= 0.3 is 0 Å². The molecule has 6 nitrogen and oxygen atoms in total. The van der Waals surface area contributed by atoms with E-state index in [0.29, 0.717) is 18.2 Å². The van der Waals surface area contributed by atoms with Crippen molar-refractivity contribution < 1.29 is 4.74 Å². The Kier molecular flexibility index (Phi) is 5.34. The number of methoxy groups -OCH3 is 1. The number of hydrogen-bond donors (Lipinski definition) is 0. The van der Waals surface area contributed by atoms with Gasteiger partial charge in [0.05, 0.1) is 24.0 Å². The summed E-state index contributed by atoms with van der Waals surface area (Å²) in [5.41, 5.74) is 2.19. The van der Waals surface area contributed by atoms with Crippen molar-refractivity contribution in [2.24, 2.45) is 0 Å². The van der Waals surface area contributed by atoms with Crippen molar-refractivity contribution in [2.45, 2.75) is 70.8 Å². The summed E-state index contributed by atoms with van der Waals surface area (Å²) < 4.78 is 5.55. The SMILES string of the molecule is CCn1nc(C)c(CN(C)[C@@H]2CCC[C@@H]2N2CCC(OC)C2)n1. The zero-order valence-electron chi connectivity index (χ0n) is 15.0. The molecule has 2 heterocycles. The van der Waals surface area contributed by atoms with E-state index in [1.807, 2.05) is 7.11 Å². The van der Waals surface area contributed by atoms with Gasteiger partial charge in [-0.05, 0) is 40.2 Å². The van der Waals surface area contributed by atoms with Crippen molar-refractivity contribution in [3.8, 4) is 0 Å². The Hall–Kier alpha value is -0.980. The zero-order chi connectivity index (χ0) is 16.4. The molecule has 130 valence electrons. The highest BCUT2D eigenvalue weighted by molar-refractivity contribution is 5.07. The smallest absolute Gasteiger partial charge is 0.0996 e. The second-order valence-electron chi connectivity index (χ2n) is 7.04. The average molecular weight is 321 g/mol. The van der Waals surface area contributed by atoms with Crippen molar-refractivity contribution in [1.29, 1.82) is 0 Å². The fourth-order valence-electron chi connectivity index (χ4n) is 4.21. The zero-order valence-corrected chi connectivity index (χ0v) is 15.0. The molecule has 3 rings (SSSR count). The maximum atomic E-state index is 5.55. The molecule has 0 N–H and O–H groups in total. The minimum absolute atomic E-state index is 0.424. The molecule has 3 atom stereocenters. The second-order valence-corrected chi connectivity index (χ2v) is 7.04. The number of ether oxygens (including phenoxy) is 1. The molecule has 0 spiro atoms. The fraction of sp³-hybridized carbons (Fsp3) is 0.882. The molecule has 1 aromatic heterocycles. The molecule has 1 aliphatic heterocycles. The van der Waals surface area contributed by atoms with E-state index in [1.54, 1.807) is 4.80 Å². The monoisotopic (exact) mass is 321 g/mol. The van der Waals surface area contributed by atoms with Crippen LogP contribution in [0.15, 0.2) is 0 Å². The van der Waals surface area contributed by atoms with E-state index in [9.17, 15) is 0 Å². The number of likely N-dealkylation sites (N-methyl/N-ethyl adjacent to an activating group) is 1. The van der Waals surface area contributed by atoms with Gasteiger partial charge in [0, 0.05) is 38.8 Å². The molecule has 1 aliphatic carbocycles. The third-order valence-corrected chi connectivity index (χ3v) is 5.59. The average Bonchev–Trinajstić information content (AvgIpc) is 3.25. The summed E-state index contributed by atoms with van der Waals surface area (Å²) in [6, 6.07) is 1.29. The Bertz CT molecular complexity index is 517. The predicted molar refractivity (Wildman–Crippen MR) is 90.3 cm³/mol. The van der Waals surface area contributed by atoms with Crippen molar-refractivity contribution in [2.75, 3.05) is 27.2 Å². The van der Waals surface area contributed by atoms with Gasteiger partial charge in [-0.15, -0.1) is 0 Å².